The molecule has 4 nitrogen and oxygen atoms in total. The lowest BCUT2D eigenvalue weighted by Crippen LogP contribution is -2.77. The molecular formula is C25H36N2O2. The molecule has 0 radical (unpaired) electrons. The minimum Gasteiger partial charge on any atom is -0.550 e. The molecule has 29 heavy (non-hydrogen) atoms. The summed E-state index contributed by atoms with van der Waals surface area (Å²) in [4.78, 5) is 13.7. The lowest BCUT2D eigenvalue weighted by Gasteiger charge is -2.69. The number of aliphatic imine (C=N–C) groups is 1. The zero-order chi connectivity index (χ0) is 19.9. The summed E-state index contributed by atoms with van der Waals surface area (Å²) in [6.07, 6.45) is 25.7. The van der Waals surface area contributed by atoms with Gasteiger partial charge in [-0.05, 0) is 81.0 Å². The summed E-state index contributed by atoms with van der Waals surface area (Å²) in [7, 11) is 0. The smallest absolute Gasteiger partial charge is 0.195 e. The van der Waals surface area contributed by atoms with Crippen molar-refractivity contribution < 1.29 is 14.4 Å². The van der Waals surface area contributed by atoms with Crippen molar-refractivity contribution >= 4 is 12.3 Å². The Kier molecular flexibility index (Phi) is 3.96. The SMILES string of the molecule is C1=C[N+](C23CC4CC(CC(C4)C2)C3)(C23CC4CC(CC(C4)C2)C3)C=N1.CC(=O)[O-]. The molecule has 158 valence electrons. The molecule has 0 spiro atoms. The minimum absolute atomic E-state index is 0.525. The van der Waals surface area contributed by atoms with Crippen molar-refractivity contribution in [2.24, 2.45) is 40.5 Å². The van der Waals surface area contributed by atoms with E-state index in [1.54, 1.807) is 38.5 Å². The van der Waals surface area contributed by atoms with Crippen molar-refractivity contribution in [1.29, 1.82) is 0 Å². The van der Waals surface area contributed by atoms with Crippen LogP contribution in [-0.2, 0) is 4.79 Å². The normalized spacial score (nSPS) is 55.2. The van der Waals surface area contributed by atoms with E-state index in [0.717, 1.165) is 42.4 Å². The van der Waals surface area contributed by atoms with Gasteiger partial charge < -0.3 is 9.90 Å². The van der Waals surface area contributed by atoms with E-state index in [-0.39, 0.29) is 0 Å². The molecule has 8 bridgehead atoms. The van der Waals surface area contributed by atoms with Gasteiger partial charge in [0.2, 0.25) is 0 Å². The van der Waals surface area contributed by atoms with E-state index < -0.39 is 5.97 Å². The highest BCUT2D eigenvalue weighted by molar-refractivity contribution is 5.60. The first-order valence-electron chi connectivity index (χ1n) is 12.2. The number of carboxylic acid groups (broad SMARTS) is 1. The number of hydrogen-bond acceptors (Lipinski definition) is 3. The quantitative estimate of drug-likeness (QED) is 0.662. The molecule has 1 heterocycles. The van der Waals surface area contributed by atoms with Crippen LogP contribution in [0, 0.1) is 35.5 Å². The van der Waals surface area contributed by atoms with E-state index in [2.05, 4.69) is 18.7 Å². The highest BCUT2D eigenvalue weighted by Crippen LogP contribution is 2.67. The second-order valence-electron chi connectivity index (χ2n) is 12.1. The summed E-state index contributed by atoms with van der Waals surface area (Å²) < 4.78 is 1.22. The number of carbonyl (C=O) groups excluding carboxylic acids is 1. The van der Waals surface area contributed by atoms with Gasteiger partial charge in [0.25, 0.3) is 0 Å². The molecule has 0 unspecified atom stereocenters. The fourth-order valence-electron chi connectivity index (χ4n) is 10.4. The van der Waals surface area contributed by atoms with Crippen molar-refractivity contribution in [1.82, 2.24) is 0 Å². The summed E-state index contributed by atoms with van der Waals surface area (Å²) in [5, 5.41) is 8.89. The number of carbonyl (C=O) groups is 1. The molecule has 0 atom stereocenters. The molecule has 8 saturated carbocycles. The summed E-state index contributed by atoms with van der Waals surface area (Å²) in [6.45, 7) is 0.972. The van der Waals surface area contributed by atoms with Gasteiger partial charge >= 0.3 is 0 Å². The van der Waals surface area contributed by atoms with Crippen molar-refractivity contribution in [2.45, 2.75) is 95.1 Å². The van der Waals surface area contributed by atoms with E-state index in [0.29, 0.717) is 11.1 Å². The second-order valence-corrected chi connectivity index (χ2v) is 12.1. The first kappa shape index (κ1) is 18.6. The zero-order valence-electron chi connectivity index (χ0n) is 17.9. The third-order valence-electron chi connectivity index (χ3n) is 10.2. The molecule has 8 aliphatic carbocycles. The number of nitrogens with zero attached hydrogens (tertiary/aromatic N) is 2. The number of hydrogen-bond donors (Lipinski definition) is 0. The van der Waals surface area contributed by atoms with Crippen LogP contribution in [0.3, 0.4) is 0 Å². The van der Waals surface area contributed by atoms with Gasteiger partial charge in [-0.25, -0.2) is 9.48 Å². The average molecular weight is 397 g/mol. The van der Waals surface area contributed by atoms with Gasteiger partial charge in [0.05, 0.1) is 6.20 Å². The Morgan fingerprint density at radius 3 is 1.34 bits per heavy atom. The second kappa shape index (κ2) is 6.18. The lowest BCUT2D eigenvalue weighted by molar-refractivity contribution is -0.905. The largest absolute Gasteiger partial charge is 0.550 e. The predicted molar refractivity (Wildman–Crippen MR) is 110 cm³/mol. The van der Waals surface area contributed by atoms with Crippen molar-refractivity contribution in [3.8, 4) is 0 Å². The number of carboxylic acids is 1. The highest BCUT2D eigenvalue weighted by atomic mass is 16.4. The molecule has 0 aromatic heterocycles. The molecule has 0 aromatic carbocycles. The van der Waals surface area contributed by atoms with Gasteiger partial charge in [-0.1, -0.05) is 0 Å². The first-order chi connectivity index (χ1) is 13.9. The van der Waals surface area contributed by atoms with Crippen LogP contribution in [0.2, 0.25) is 0 Å². The Hall–Kier alpha value is -1.16. The van der Waals surface area contributed by atoms with E-state index in [1.165, 1.54) is 43.0 Å². The summed E-state index contributed by atoms with van der Waals surface area (Å²) >= 11 is 0. The van der Waals surface area contributed by atoms with Gasteiger partial charge in [0.15, 0.2) is 6.34 Å². The van der Waals surface area contributed by atoms with Crippen LogP contribution in [0.15, 0.2) is 17.4 Å². The molecule has 0 aromatic rings. The van der Waals surface area contributed by atoms with Crippen LogP contribution in [0.25, 0.3) is 0 Å². The molecule has 9 rings (SSSR count). The lowest BCUT2D eigenvalue weighted by atomic mass is 9.47. The van der Waals surface area contributed by atoms with Crippen LogP contribution >= 0.6 is 0 Å². The Labute approximate surface area is 175 Å². The van der Waals surface area contributed by atoms with Crippen LogP contribution in [0.5, 0.6) is 0 Å². The molecular weight excluding hydrogens is 360 g/mol. The molecule has 0 saturated heterocycles. The van der Waals surface area contributed by atoms with Gasteiger partial charge in [-0.2, -0.15) is 0 Å². The topological polar surface area (TPSA) is 52.5 Å². The number of aliphatic carboxylic acids is 1. The van der Waals surface area contributed by atoms with Gasteiger partial charge in [-0.3, -0.25) is 0 Å². The average Bonchev–Trinajstić information content (AvgIpc) is 3.11. The highest BCUT2D eigenvalue weighted by Gasteiger charge is 2.70. The fourth-order valence-corrected chi connectivity index (χ4v) is 10.4. The van der Waals surface area contributed by atoms with Crippen LogP contribution in [-0.4, -0.2) is 27.9 Å². The zero-order valence-corrected chi connectivity index (χ0v) is 17.9. The molecule has 8 fully saturated rings. The van der Waals surface area contributed by atoms with Gasteiger partial charge in [0, 0.05) is 44.5 Å². The third kappa shape index (κ3) is 2.60. The molecule has 0 amide bonds. The minimum atomic E-state index is -1.08. The maximum atomic E-state index is 8.89. The summed E-state index contributed by atoms with van der Waals surface area (Å²) in [6, 6.07) is 0. The molecule has 1 aliphatic heterocycles. The van der Waals surface area contributed by atoms with E-state index in [1.807, 2.05) is 0 Å². The summed E-state index contributed by atoms with van der Waals surface area (Å²) in [5.41, 5.74) is 1.05. The Balaban J connectivity index is 0.000000382. The van der Waals surface area contributed by atoms with Crippen LogP contribution in [0.1, 0.15) is 84.0 Å². The predicted octanol–water partition coefficient (Wildman–Crippen LogP) is 4.01. The van der Waals surface area contributed by atoms with Crippen molar-refractivity contribution in [3.63, 3.8) is 0 Å². The van der Waals surface area contributed by atoms with Crippen molar-refractivity contribution in [2.75, 3.05) is 0 Å². The van der Waals surface area contributed by atoms with Crippen molar-refractivity contribution in [3.05, 3.63) is 12.4 Å². The fraction of sp³-hybridized carbons (Fsp3) is 0.840. The third-order valence-corrected chi connectivity index (χ3v) is 10.2. The molecule has 4 heteroatoms. The standard InChI is InChI=1S/C23H33N2.C2H4O2/c1-2-25(15-24-1,22-9-16-3-17(10-22)5-18(4-16)11-22)23-12-19-6-20(13-23)8-21(7-19)14-23;1-2(3)4/h1-2,15-21H,3-14H2;1H3,(H,3,4)/q+1;/p-1. The van der Waals surface area contributed by atoms with Crippen LogP contribution < -0.4 is 5.11 Å². The van der Waals surface area contributed by atoms with E-state index >= 15 is 0 Å². The molecule has 0 N–H and O–H groups in total. The monoisotopic (exact) mass is 396 g/mol. The van der Waals surface area contributed by atoms with Gasteiger partial charge in [-0.15, -0.1) is 0 Å². The van der Waals surface area contributed by atoms with E-state index in [9.17, 15) is 0 Å². The molecule has 9 aliphatic rings. The Morgan fingerprint density at radius 2 is 1.10 bits per heavy atom. The first-order valence-corrected chi connectivity index (χ1v) is 12.2. The van der Waals surface area contributed by atoms with E-state index in [4.69, 9.17) is 14.9 Å². The van der Waals surface area contributed by atoms with Gasteiger partial charge in [0.1, 0.15) is 17.3 Å². The Bertz CT molecular complexity index is 634. The maximum Gasteiger partial charge on any atom is 0.195 e. The maximum absolute atomic E-state index is 8.89. The Morgan fingerprint density at radius 1 is 0.793 bits per heavy atom. The number of quaternary nitrogens is 1. The summed E-state index contributed by atoms with van der Waals surface area (Å²) in [5.74, 6) is 5.15. The van der Waals surface area contributed by atoms with Crippen LogP contribution in [0.4, 0.5) is 0 Å². The number of rotatable bonds is 2.